The van der Waals surface area contributed by atoms with Gasteiger partial charge in [0, 0.05) is 5.56 Å². The van der Waals surface area contributed by atoms with Gasteiger partial charge in [0.05, 0.1) is 18.2 Å². The van der Waals surface area contributed by atoms with Crippen molar-refractivity contribution < 1.29 is 4.74 Å². The lowest BCUT2D eigenvalue weighted by Gasteiger charge is -2.15. The molecule has 3 nitrogen and oxygen atoms in total. The maximum Gasteiger partial charge on any atom is 0.144 e. The molecule has 0 aliphatic heterocycles. The molecule has 4 heteroatoms. The SMILES string of the molecule is Cc1nc(Br)c(CC#N)c(C)c1OCc1ccccc1. The molecule has 0 N–H and O–H groups in total. The van der Waals surface area contributed by atoms with Gasteiger partial charge in [0.25, 0.3) is 0 Å². The predicted octanol–water partition coefficient (Wildman–Crippen LogP) is 4.11. The van der Waals surface area contributed by atoms with E-state index in [4.69, 9.17) is 10.00 Å². The number of benzene rings is 1. The Hall–Kier alpha value is -1.86. The Morgan fingerprint density at radius 2 is 1.95 bits per heavy atom. The van der Waals surface area contributed by atoms with Crippen molar-refractivity contribution in [2.24, 2.45) is 0 Å². The van der Waals surface area contributed by atoms with Crippen LogP contribution in [0.2, 0.25) is 0 Å². The molecule has 0 bridgehead atoms. The molecule has 1 aromatic heterocycles. The number of aromatic nitrogens is 1. The molecule has 0 fully saturated rings. The number of rotatable bonds is 4. The van der Waals surface area contributed by atoms with Crippen LogP contribution in [0.1, 0.15) is 22.4 Å². The fourth-order valence-electron chi connectivity index (χ4n) is 2.06. The first kappa shape index (κ1) is 14.5. The minimum Gasteiger partial charge on any atom is -0.487 e. The maximum atomic E-state index is 8.90. The van der Waals surface area contributed by atoms with E-state index in [0.717, 1.165) is 32.7 Å². The van der Waals surface area contributed by atoms with E-state index < -0.39 is 0 Å². The fraction of sp³-hybridized carbons (Fsp3) is 0.250. The molecule has 0 radical (unpaired) electrons. The zero-order valence-electron chi connectivity index (χ0n) is 11.5. The zero-order chi connectivity index (χ0) is 14.5. The van der Waals surface area contributed by atoms with E-state index in [9.17, 15) is 0 Å². The third-order valence-electron chi connectivity index (χ3n) is 3.12. The van der Waals surface area contributed by atoms with Crippen molar-refractivity contribution in [2.75, 3.05) is 0 Å². The summed E-state index contributed by atoms with van der Waals surface area (Å²) in [7, 11) is 0. The lowest BCUT2D eigenvalue weighted by molar-refractivity contribution is 0.300. The molecule has 0 amide bonds. The average Bonchev–Trinajstić information content (AvgIpc) is 2.44. The molecule has 2 rings (SSSR count). The Balaban J connectivity index is 2.28. The molecule has 0 atom stereocenters. The van der Waals surface area contributed by atoms with Crippen LogP contribution in [-0.4, -0.2) is 4.98 Å². The Morgan fingerprint density at radius 3 is 2.60 bits per heavy atom. The summed E-state index contributed by atoms with van der Waals surface area (Å²) in [6.07, 6.45) is 0.321. The van der Waals surface area contributed by atoms with Gasteiger partial charge in [-0.25, -0.2) is 4.98 Å². The first-order valence-corrected chi connectivity index (χ1v) is 7.12. The second kappa shape index (κ2) is 6.53. The molecule has 0 saturated heterocycles. The van der Waals surface area contributed by atoms with Gasteiger partial charge in [-0.15, -0.1) is 0 Å². The van der Waals surface area contributed by atoms with Gasteiger partial charge in [0.2, 0.25) is 0 Å². The smallest absolute Gasteiger partial charge is 0.144 e. The first-order valence-electron chi connectivity index (χ1n) is 6.32. The minimum absolute atomic E-state index is 0.321. The molecule has 0 spiro atoms. The maximum absolute atomic E-state index is 8.90. The van der Waals surface area contributed by atoms with Crippen LogP contribution in [0.4, 0.5) is 0 Å². The molecular formula is C16H15BrN2O. The molecule has 1 aromatic carbocycles. The van der Waals surface area contributed by atoms with Gasteiger partial charge in [-0.1, -0.05) is 30.3 Å². The van der Waals surface area contributed by atoms with Crippen LogP contribution >= 0.6 is 15.9 Å². The summed E-state index contributed by atoms with van der Waals surface area (Å²) in [5.74, 6) is 0.766. The van der Waals surface area contributed by atoms with Crippen LogP contribution in [-0.2, 0) is 13.0 Å². The summed E-state index contributed by atoms with van der Waals surface area (Å²) in [5.41, 5.74) is 3.80. The highest BCUT2D eigenvalue weighted by Gasteiger charge is 2.14. The van der Waals surface area contributed by atoms with E-state index in [1.807, 2.05) is 44.2 Å². The normalized spacial score (nSPS) is 10.1. The number of pyridine rings is 1. The molecule has 2 aromatic rings. The van der Waals surface area contributed by atoms with Gasteiger partial charge < -0.3 is 4.74 Å². The molecule has 0 saturated carbocycles. The monoisotopic (exact) mass is 330 g/mol. The molecule has 1 heterocycles. The Labute approximate surface area is 127 Å². The van der Waals surface area contributed by atoms with Crippen LogP contribution in [0.15, 0.2) is 34.9 Å². The summed E-state index contributed by atoms with van der Waals surface area (Å²) in [4.78, 5) is 4.41. The fourth-order valence-corrected chi connectivity index (χ4v) is 2.76. The van der Waals surface area contributed by atoms with Crippen molar-refractivity contribution in [1.29, 1.82) is 5.26 Å². The van der Waals surface area contributed by atoms with Gasteiger partial charge in [0.1, 0.15) is 17.0 Å². The summed E-state index contributed by atoms with van der Waals surface area (Å²) >= 11 is 3.41. The summed E-state index contributed by atoms with van der Waals surface area (Å²) < 4.78 is 6.63. The van der Waals surface area contributed by atoms with Gasteiger partial charge in [-0.3, -0.25) is 0 Å². The van der Waals surface area contributed by atoms with Gasteiger partial charge in [-0.05, 0) is 40.9 Å². The van der Waals surface area contributed by atoms with E-state index in [0.29, 0.717) is 13.0 Å². The number of nitrogens with zero attached hydrogens (tertiary/aromatic N) is 2. The number of halogens is 1. The molecule has 0 aliphatic carbocycles. The average molecular weight is 331 g/mol. The largest absolute Gasteiger partial charge is 0.487 e. The van der Waals surface area contributed by atoms with Crippen LogP contribution < -0.4 is 4.74 Å². The molecule has 0 unspecified atom stereocenters. The quantitative estimate of drug-likeness (QED) is 0.792. The molecule has 20 heavy (non-hydrogen) atoms. The Bertz CT molecular complexity index is 648. The van der Waals surface area contributed by atoms with E-state index >= 15 is 0 Å². The van der Waals surface area contributed by atoms with E-state index in [2.05, 4.69) is 27.0 Å². The highest BCUT2D eigenvalue weighted by molar-refractivity contribution is 9.10. The Morgan fingerprint density at radius 1 is 1.25 bits per heavy atom. The first-order chi connectivity index (χ1) is 9.63. The number of ether oxygens (including phenoxy) is 1. The number of hydrogen-bond donors (Lipinski definition) is 0. The standard InChI is InChI=1S/C16H15BrN2O/c1-11-14(8-9-18)16(17)19-12(2)15(11)20-10-13-6-4-3-5-7-13/h3-7H,8,10H2,1-2H3. The third kappa shape index (κ3) is 3.17. The van der Waals surface area contributed by atoms with E-state index in [1.165, 1.54) is 0 Å². The minimum atomic E-state index is 0.321. The van der Waals surface area contributed by atoms with Gasteiger partial charge >= 0.3 is 0 Å². The van der Waals surface area contributed by atoms with E-state index in [-0.39, 0.29) is 0 Å². The van der Waals surface area contributed by atoms with Crippen LogP contribution in [0.5, 0.6) is 5.75 Å². The Kier molecular flexibility index (Phi) is 4.75. The lowest BCUT2D eigenvalue weighted by Crippen LogP contribution is -2.04. The van der Waals surface area contributed by atoms with Gasteiger partial charge in [0.15, 0.2) is 0 Å². The number of aryl methyl sites for hydroxylation is 1. The third-order valence-corrected chi connectivity index (χ3v) is 3.77. The van der Waals surface area contributed by atoms with Crippen molar-refractivity contribution >= 4 is 15.9 Å². The number of nitriles is 1. The zero-order valence-corrected chi connectivity index (χ0v) is 13.1. The molecule has 102 valence electrons. The van der Waals surface area contributed by atoms with Crippen molar-refractivity contribution in [2.45, 2.75) is 26.9 Å². The van der Waals surface area contributed by atoms with Crippen molar-refractivity contribution in [3.63, 3.8) is 0 Å². The molecular weight excluding hydrogens is 316 g/mol. The second-order valence-corrected chi connectivity index (χ2v) is 5.28. The lowest BCUT2D eigenvalue weighted by atomic mass is 10.1. The molecule has 0 aliphatic rings. The highest BCUT2D eigenvalue weighted by atomic mass is 79.9. The summed E-state index contributed by atoms with van der Waals surface area (Å²) in [6, 6.07) is 12.2. The topological polar surface area (TPSA) is 45.9 Å². The van der Waals surface area contributed by atoms with Crippen molar-refractivity contribution in [3.8, 4) is 11.8 Å². The number of hydrogen-bond acceptors (Lipinski definition) is 3. The summed E-state index contributed by atoms with van der Waals surface area (Å²) in [6.45, 7) is 4.37. The van der Waals surface area contributed by atoms with Crippen molar-refractivity contribution in [3.05, 3.63) is 57.3 Å². The predicted molar refractivity (Wildman–Crippen MR) is 81.5 cm³/mol. The highest BCUT2D eigenvalue weighted by Crippen LogP contribution is 2.30. The van der Waals surface area contributed by atoms with Gasteiger partial charge in [-0.2, -0.15) is 5.26 Å². The van der Waals surface area contributed by atoms with Crippen LogP contribution in [0.25, 0.3) is 0 Å². The van der Waals surface area contributed by atoms with E-state index in [1.54, 1.807) is 0 Å². The van der Waals surface area contributed by atoms with Crippen LogP contribution in [0.3, 0.4) is 0 Å². The van der Waals surface area contributed by atoms with Crippen molar-refractivity contribution in [1.82, 2.24) is 4.98 Å². The van der Waals surface area contributed by atoms with Crippen LogP contribution in [0, 0.1) is 25.2 Å². The summed E-state index contributed by atoms with van der Waals surface area (Å²) in [5, 5.41) is 8.90. The second-order valence-electron chi connectivity index (χ2n) is 4.53.